The Morgan fingerprint density at radius 2 is 1.93 bits per heavy atom. The van der Waals surface area contributed by atoms with Crippen LogP contribution < -0.4 is 11.1 Å². The first-order valence-corrected chi connectivity index (χ1v) is 10.00. The van der Waals surface area contributed by atoms with E-state index in [9.17, 15) is 9.18 Å². The number of carbonyl (C=O) groups is 1. The lowest BCUT2D eigenvalue weighted by Crippen LogP contribution is -2.39. The number of hydrogen-bond acceptors (Lipinski definition) is 4. The minimum Gasteiger partial charge on any atom is -0.381 e. The quantitative estimate of drug-likeness (QED) is 0.808. The molecule has 0 spiro atoms. The number of halogens is 1. The summed E-state index contributed by atoms with van der Waals surface area (Å²) in [7, 11) is 0. The van der Waals surface area contributed by atoms with Crippen molar-refractivity contribution >= 4 is 17.2 Å². The summed E-state index contributed by atoms with van der Waals surface area (Å²) in [5.74, 6) is -0.235. The van der Waals surface area contributed by atoms with Crippen LogP contribution in [0.3, 0.4) is 0 Å². The van der Waals surface area contributed by atoms with E-state index >= 15 is 0 Å². The third-order valence-corrected chi connectivity index (χ3v) is 5.72. The van der Waals surface area contributed by atoms with Gasteiger partial charge in [0.15, 0.2) is 0 Å². The number of nitrogens with one attached hydrogen (secondary N) is 1. The zero-order valence-electron chi connectivity index (χ0n) is 16.5. The smallest absolute Gasteiger partial charge is 0.250 e. The lowest BCUT2D eigenvalue weighted by atomic mass is 9.89. The fourth-order valence-electron chi connectivity index (χ4n) is 4.21. The number of nitrogens with zero attached hydrogens (tertiary/aromatic N) is 1. The van der Waals surface area contributed by atoms with Crippen LogP contribution in [0.4, 0.5) is 10.1 Å². The van der Waals surface area contributed by atoms with E-state index in [-0.39, 0.29) is 12.0 Å². The van der Waals surface area contributed by atoms with E-state index in [0.29, 0.717) is 11.5 Å². The van der Waals surface area contributed by atoms with Crippen molar-refractivity contribution in [1.29, 1.82) is 0 Å². The van der Waals surface area contributed by atoms with E-state index in [1.165, 1.54) is 12.1 Å². The number of benzene rings is 2. The fraction of sp³-hybridized carbons (Fsp3) is 0.348. The number of hydrogen-bond donors (Lipinski definition) is 2. The summed E-state index contributed by atoms with van der Waals surface area (Å²) in [4.78, 5) is 14.4. The molecule has 152 valence electrons. The zero-order chi connectivity index (χ0) is 20.4. The minimum atomic E-state index is -0.433. The Morgan fingerprint density at radius 3 is 2.62 bits per heavy atom. The molecule has 2 aromatic carbocycles. The van der Waals surface area contributed by atoms with Crippen LogP contribution in [0.2, 0.25) is 0 Å². The molecule has 2 aromatic rings. The van der Waals surface area contributed by atoms with E-state index in [1.807, 2.05) is 31.3 Å². The van der Waals surface area contributed by atoms with Crippen LogP contribution in [0, 0.1) is 18.7 Å². The summed E-state index contributed by atoms with van der Waals surface area (Å²) < 4.78 is 18.9. The summed E-state index contributed by atoms with van der Waals surface area (Å²) in [5.41, 5.74) is 9.97. The maximum atomic E-state index is 13.4. The van der Waals surface area contributed by atoms with Gasteiger partial charge in [0.1, 0.15) is 12.0 Å². The van der Waals surface area contributed by atoms with Crippen molar-refractivity contribution in [2.75, 3.05) is 25.1 Å². The SMILES string of the molecule is Cc1cccc2c1C(C(N)=O)=CN(CC1CCOCC1)C2Nc1ccc(F)cc1. The predicted octanol–water partition coefficient (Wildman–Crippen LogP) is 3.81. The zero-order valence-corrected chi connectivity index (χ0v) is 16.5. The van der Waals surface area contributed by atoms with Gasteiger partial charge in [-0.15, -0.1) is 0 Å². The Bertz CT molecular complexity index is 920. The Labute approximate surface area is 170 Å². The molecule has 5 nitrogen and oxygen atoms in total. The normalized spacial score (nSPS) is 19.4. The topological polar surface area (TPSA) is 67.6 Å². The number of rotatable bonds is 5. The number of amides is 1. The molecular formula is C23H26FN3O2. The third kappa shape index (κ3) is 4.12. The Morgan fingerprint density at radius 1 is 1.21 bits per heavy atom. The highest BCUT2D eigenvalue weighted by atomic mass is 19.1. The molecule has 3 N–H and O–H groups in total. The molecule has 0 aliphatic carbocycles. The van der Waals surface area contributed by atoms with Crippen molar-refractivity contribution < 1.29 is 13.9 Å². The van der Waals surface area contributed by atoms with Crippen molar-refractivity contribution in [2.24, 2.45) is 11.7 Å². The highest BCUT2D eigenvalue weighted by molar-refractivity contribution is 6.19. The summed E-state index contributed by atoms with van der Waals surface area (Å²) in [5, 5.41) is 3.52. The Balaban J connectivity index is 1.73. The molecule has 1 fully saturated rings. The highest BCUT2D eigenvalue weighted by Gasteiger charge is 2.32. The number of aryl methyl sites for hydroxylation is 1. The van der Waals surface area contributed by atoms with Crippen LogP contribution >= 0.6 is 0 Å². The Hall–Kier alpha value is -2.86. The van der Waals surface area contributed by atoms with E-state index in [2.05, 4.69) is 10.2 Å². The molecule has 2 aliphatic rings. The van der Waals surface area contributed by atoms with Gasteiger partial charge in [0.2, 0.25) is 0 Å². The highest BCUT2D eigenvalue weighted by Crippen LogP contribution is 2.38. The number of ether oxygens (including phenoxy) is 1. The molecule has 1 unspecified atom stereocenters. The molecule has 0 bridgehead atoms. The number of carbonyl (C=O) groups excluding carboxylic acids is 1. The molecule has 0 radical (unpaired) electrons. The van der Waals surface area contributed by atoms with Crippen molar-refractivity contribution in [1.82, 2.24) is 4.90 Å². The maximum Gasteiger partial charge on any atom is 0.250 e. The molecule has 4 rings (SSSR count). The van der Waals surface area contributed by atoms with E-state index in [4.69, 9.17) is 10.5 Å². The van der Waals surface area contributed by atoms with E-state index in [1.54, 1.807) is 12.1 Å². The third-order valence-electron chi connectivity index (χ3n) is 5.72. The summed E-state index contributed by atoms with van der Waals surface area (Å²) >= 11 is 0. The van der Waals surface area contributed by atoms with Crippen molar-refractivity contribution in [2.45, 2.75) is 25.9 Å². The van der Waals surface area contributed by atoms with Crippen LogP contribution in [-0.4, -0.2) is 30.6 Å². The lowest BCUT2D eigenvalue weighted by molar-refractivity contribution is -0.112. The second kappa shape index (κ2) is 8.25. The predicted molar refractivity (Wildman–Crippen MR) is 111 cm³/mol. The first kappa shape index (κ1) is 19.5. The second-order valence-electron chi connectivity index (χ2n) is 7.75. The summed E-state index contributed by atoms with van der Waals surface area (Å²) in [6.45, 7) is 4.29. The molecule has 29 heavy (non-hydrogen) atoms. The molecule has 1 atom stereocenters. The first-order chi connectivity index (χ1) is 14.0. The van der Waals surface area contributed by atoms with Crippen LogP contribution in [0.5, 0.6) is 0 Å². The van der Waals surface area contributed by atoms with E-state index < -0.39 is 5.91 Å². The molecule has 2 aliphatic heterocycles. The second-order valence-corrected chi connectivity index (χ2v) is 7.75. The van der Waals surface area contributed by atoms with E-state index in [0.717, 1.165) is 55.0 Å². The van der Waals surface area contributed by atoms with Crippen LogP contribution in [-0.2, 0) is 9.53 Å². The fourth-order valence-corrected chi connectivity index (χ4v) is 4.21. The van der Waals surface area contributed by atoms with Gasteiger partial charge >= 0.3 is 0 Å². The largest absolute Gasteiger partial charge is 0.381 e. The van der Waals surface area contributed by atoms with Gasteiger partial charge in [0.25, 0.3) is 5.91 Å². The maximum absolute atomic E-state index is 13.4. The molecule has 0 saturated carbocycles. The number of fused-ring (bicyclic) bond motifs is 1. The van der Waals surface area contributed by atoms with Gasteiger partial charge < -0.3 is 20.7 Å². The summed E-state index contributed by atoms with van der Waals surface area (Å²) in [6.07, 6.45) is 3.68. The van der Waals surface area contributed by atoms with Gasteiger partial charge in [0.05, 0.1) is 5.57 Å². The van der Waals surface area contributed by atoms with Gasteiger partial charge in [-0.25, -0.2) is 4.39 Å². The van der Waals surface area contributed by atoms with Gasteiger partial charge in [0, 0.05) is 37.2 Å². The average Bonchev–Trinajstić information content (AvgIpc) is 2.72. The molecule has 0 aromatic heterocycles. The molecule has 6 heteroatoms. The Kier molecular flexibility index (Phi) is 5.53. The lowest BCUT2D eigenvalue weighted by Gasteiger charge is -2.40. The van der Waals surface area contributed by atoms with Gasteiger partial charge in [-0.05, 0) is 61.1 Å². The van der Waals surface area contributed by atoms with Crippen LogP contribution in [0.15, 0.2) is 48.7 Å². The first-order valence-electron chi connectivity index (χ1n) is 10.00. The number of primary amides is 1. The van der Waals surface area contributed by atoms with Gasteiger partial charge in [-0.2, -0.15) is 0 Å². The number of anilines is 1. The van der Waals surface area contributed by atoms with Gasteiger partial charge in [-0.1, -0.05) is 18.2 Å². The van der Waals surface area contributed by atoms with Crippen LogP contribution in [0.1, 0.15) is 35.7 Å². The standard InChI is InChI=1S/C23H26FN3O2/c1-15-3-2-4-19-21(15)20(22(25)28)14-27(13-16-9-11-29-12-10-16)23(19)26-18-7-5-17(24)6-8-18/h2-8,14,16,23,26H,9-13H2,1H3,(H2,25,28). The molecule has 1 saturated heterocycles. The monoisotopic (exact) mass is 395 g/mol. The van der Waals surface area contributed by atoms with Gasteiger partial charge in [-0.3, -0.25) is 4.79 Å². The average molecular weight is 395 g/mol. The van der Waals surface area contributed by atoms with Crippen LogP contribution in [0.25, 0.3) is 5.57 Å². The molecule has 1 amide bonds. The summed E-state index contributed by atoms with van der Waals surface area (Å²) in [6, 6.07) is 12.3. The molecule has 2 heterocycles. The number of nitrogens with two attached hydrogens (primary N) is 1. The van der Waals surface area contributed by atoms with Crippen molar-refractivity contribution in [3.63, 3.8) is 0 Å². The molecular weight excluding hydrogens is 369 g/mol. The minimum absolute atomic E-state index is 0.179. The van der Waals surface area contributed by atoms with Crippen molar-refractivity contribution in [3.8, 4) is 0 Å². The van der Waals surface area contributed by atoms with Crippen molar-refractivity contribution in [3.05, 3.63) is 71.2 Å².